The van der Waals surface area contributed by atoms with Crippen LogP contribution in [0.5, 0.6) is 0 Å². The van der Waals surface area contributed by atoms with E-state index in [0.717, 1.165) is 17.7 Å². The van der Waals surface area contributed by atoms with E-state index in [1.165, 1.54) is 6.07 Å². The van der Waals surface area contributed by atoms with Gasteiger partial charge in [0.2, 0.25) is 0 Å². The van der Waals surface area contributed by atoms with Gasteiger partial charge < -0.3 is 5.73 Å². The Morgan fingerprint density at radius 1 is 1.05 bits per heavy atom. The second-order valence-corrected chi connectivity index (χ2v) is 4.23. The number of nitrogens with two attached hydrogens (primary N) is 1. The van der Waals surface area contributed by atoms with Crippen molar-refractivity contribution in [1.82, 2.24) is 4.98 Å². The van der Waals surface area contributed by atoms with Crippen molar-refractivity contribution in [2.75, 3.05) is 0 Å². The first-order valence-electron chi connectivity index (χ1n) is 5.79. The van der Waals surface area contributed by atoms with Crippen molar-refractivity contribution in [2.45, 2.75) is 19.1 Å². The molecule has 1 aromatic heterocycles. The fraction of sp³-hybridized carbons (Fsp3) is 0.214. The number of nitrogens with zero attached hydrogens (tertiary/aromatic N) is 1. The third kappa shape index (κ3) is 3.54. The summed E-state index contributed by atoms with van der Waals surface area (Å²) in [6.45, 7) is 0.387. The van der Waals surface area contributed by atoms with Crippen LogP contribution in [0.15, 0.2) is 42.6 Å². The molecule has 0 aliphatic heterocycles. The van der Waals surface area contributed by atoms with Gasteiger partial charge in [0.1, 0.15) is 0 Å². The lowest BCUT2D eigenvalue weighted by Crippen LogP contribution is -2.05. The van der Waals surface area contributed by atoms with Crippen molar-refractivity contribution < 1.29 is 13.2 Å². The first-order valence-corrected chi connectivity index (χ1v) is 5.79. The summed E-state index contributed by atoms with van der Waals surface area (Å²) in [6.07, 6.45) is -2.34. The zero-order valence-electron chi connectivity index (χ0n) is 10.1. The van der Waals surface area contributed by atoms with E-state index in [9.17, 15) is 13.2 Å². The summed E-state index contributed by atoms with van der Waals surface area (Å²) in [4.78, 5) is 4.14. The maximum Gasteiger partial charge on any atom is 0.416 e. The number of aromatic nitrogens is 1. The highest BCUT2D eigenvalue weighted by Gasteiger charge is 2.30. The van der Waals surface area contributed by atoms with Crippen LogP contribution in [0.3, 0.4) is 0 Å². The summed E-state index contributed by atoms with van der Waals surface area (Å²) >= 11 is 0. The Morgan fingerprint density at radius 2 is 1.84 bits per heavy atom. The highest BCUT2D eigenvalue weighted by molar-refractivity contribution is 5.29. The predicted octanol–water partition coefficient (Wildman–Crippen LogP) is 3.15. The molecule has 0 unspecified atom stereocenters. The van der Waals surface area contributed by atoms with Crippen LogP contribution in [-0.2, 0) is 19.1 Å². The summed E-state index contributed by atoms with van der Waals surface area (Å²) in [5, 5.41) is 0. The first-order chi connectivity index (χ1) is 8.99. The Hall–Kier alpha value is -1.88. The summed E-state index contributed by atoms with van der Waals surface area (Å²) in [7, 11) is 0. The molecule has 5 heteroatoms. The van der Waals surface area contributed by atoms with Crippen LogP contribution >= 0.6 is 0 Å². The quantitative estimate of drug-likeness (QED) is 0.926. The number of hydrogen-bond donors (Lipinski definition) is 1. The summed E-state index contributed by atoms with van der Waals surface area (Å²) < 4.78 is 37.8. The average molecular weight is 266 g/mol. The normalized spacial score (nSPS) is 11.6. The molecular formula is C14H13F3N2. The predicted molar refractivity (Wildman–Crippen MR) is 66.4 cm³/mol. The van der Waals surface area contributed by atoms with Gasteiger partial charge in [-0.05, 0) is 29.3 Å². The molecule has 0 bridgehead atoms. The SMILES string of the molecule is NCc1ccnc(Cc2cccc(C(F)(F)F)c2)c1. The summed E-state index contributed by atoms with van der Waals surface area (Å²) in [6, 6.07) is 8.87. The van der Waals surface area contributed by atoms with Crippen LogP contribution in [-0.4, -0.2) is 4.98 Å². The number of pyridine rings is 1. The topological polar surface area (TPSA) is 38.9 Å². The Labute approximate surface area is 109 Å². The van der Waals surface area contributed by atoms with Crippen molar-refractivity contribution >= 4 is 0 Å². The van der Waals surface area contributed by atoms with Crippen LogP contribution < -0.4 is 5.73 Å². The lowest BCUT2D eigenvalue weighted by atomic mass is 10.0. The zero-order chi connectivity index (χ0) is 13.9. The number of hydrogen-bond acceptors (Lipinski definition) is 2. The van der Waals surface area contributed by atoms with Crippen LogP contribution in [0.4, 0.5) is 13.2 Å². The molecule has 0 saturated heterocycles. The standard InChI is InChI=1S/C14H13F3N2/c15-14(16,17)12-3-1-2-10(6-12)7-13-8-11(9-18)4-5-19-13/h1-6,8H,7,9,18H2. The van der Waals surface area contributed by atoms with Crippen molar-refractivity contribution in [3.63, 3.8) is 0 Å². The first kappa shape index (κ1) is 13.5. The molecule has 0 atom stereocenters. The summed E-state index contributed by atoms with van der Waals surface area (Å²) in [5.74, 6) is 0. The molecule has 19 heavy (non-hydrogen) atoms. The van der Waals surface area contributed by atoms with E-state index >= 15 is 0 Å². The minimum Gasteiger partial charge on any atom is -0.326 e. The molecule has 0 amide bonds. The van der Waals surface area contributed by atoms with Gasteiger partial charge in [0.25, 0.3) is 0 Å². The molecule has 0 saturated carbocycles. The highest BCUT2D eigenvalue weighted by atomic mass is 19.4. The third-order valence-electron chi connectivity index (χ3n) is 2.76. The van der Waals surface area contributed by atoms with Gasteiger partial charge in [-0.3, -0.25) is 4.98 Å². The highest BCUT2D eigenvalue weighted by Crippen LogP contribution is 2.29. The van der Waals surface area contributed by atoms with Gasteiger partial charge in [0, 0.05) is 24.9 Å². The van der Waals surface area contributed by atoms with E-state index in [4.69, 9.17) is 5.73 Å². The molecule has 0 aliphatic carbocycles. The van der Waals surface area contributed by atoms with Crippen molar-refractivity contribution in [3.8, 4) is 0 Å². The molecule has 2 rings (SSSR count). The second-order valence-electron chi connectivity index (χ2n) is 4.23. The third-order valence-corrected chi connectivity index (χ3v) is 2.76. The monoisotopic (exact) mass is 266 g/mol. The molecule has 2 N–H and O–H groups in total. The summed E-state index contributed by atoms with van der Waals surface area (Å²) in [5.41, 5.74) is 7.08. The minimum absolute atomic E-state index is 0.359. The molecule has 1 heterocycles. The Morgan fingerprint density at radius 3 is 2.53 bits per heavy atom. The fourth-order valence-electron chi connectivity index (χ4n) is 1.82. The molecule has 2 aromatic rings. The van der Waals surface area contributed by atoms with E-state index in [0.29, 0.717) is 24.2 Å². The number of halogens is 3. The van der Waals surface area contributed by atoms with E-state index < -0.39 is 11.7 Å². The maximum atomic E-state index is 12.6. The van der Waals surface area contributed by atoms with E-state index in [2.05, 4.69) is 4.98 Å². The molecule has 1 aromatic carbocycles. The van der Waals surface area contributed by atoms with Gasteiger partial charge in [0.05, 0.1) is 5.56 Å². The van der Waals surface area contributed by atoms with Crippen LogP contribution in [0.25, 0.3) is 0 Å². The van der Waals surface area contributed by atoms with Gasteiger partial charge in [0.15, 0.2) is 0 Å². The van der Waals surface area contributed by atoms with E-state index in [-0.39, 0.29) is 0 Å². The van der Waals surface area contributed by atoms with E-state index in [1.807, 2.05) is 0 Å². The Balaban J connectivity index is 2.23. The maximum absolute atomic E-state index is 12.6. The van der Waals surface area contributed by atoms with Gasteiger partial charge in [-0.2, -0.15) is 13.2 Å². The van der Waals surface area contributed by atoms with E-state index in [1.54, 1.807) is 24.4 Å². The molecule has 2 nitrogen and oxygen atoms in total. The minimum atomic E-state index is -4.32. The van der Waals surface area contributed by atoms with Crippen molar-refractivity contribution in [2.24, 2.45) is 5.73 Å². The molecular weight excluding hydrogens is 253 g/mol. The number of benzene rings is 1. The molecule has 100 valence electrons. The lowest BCUT2D eigenvalue weighted by Gasteiger charge is -2.09. The van der Waals surface area contributed by atoms with Gasteiger partial charge in [-0.15, -0.1) is 0 Å². The zero-order valence-corrected chi connectivity index (χ0v) is 10.1. The molecule has 0 radical (unpaired) electrons. The Kier molecular flexibility index (Phi) is 3.85. The van der Waals surface area contributed by atoms with Crippen LogP contribution in [0.1, 0.15) is 22.4 Å². The number of rotatable bonds is 3. The van der Waals surface area contributed by atoms with Crippen molar-refractivity contribution in [1.29, 1.82) is 0 Å². The lowest BCUT2D eigenvalue weighted by molar-refractivity contribution is -0.137. The average Bonchev–Trinajstić information content (AvgIpc) is 2.38. The number of alkyl halides is 3. The van der Waals surface area contributed by atoms with Gasteiger partial charge >= 0.3 is 6.18 Å². The van der Waals surface area contributed by atoms with Gasteiger partial charge in [-0.25, -0.2) is 0 Å². The van der Waals surface area contributed by atoms with Crippen LogP contribution in [0.2, 0.25) is 0 Å². The molecule has 0 aliphatic rings. The van der Waals surface area contributed by atoms with Crippen molar-refractivity contribution in [3.05, 3.63) is 65.0 Å². The van der Waals surface area contributed by atoms with Gasteiger partial charge in [-0.1, -0.05) is 18.2 Å². The molecule has 0 spiro atoms. The Bertz CT molecular complexity index is 565. The van der Waals surface area contributed by atoms with Crippen LogP contribution in [0, 0.1) is 0 Å². The molecule has 0 fully saturated rings. The second kappa shape index (κ2) is 5.40. The fourth-order valence-corrected chi connectivity index (χ4v) is 1.82. The smallest absolute Gasteiger partial charge is 0.326 e. The largest absolute Gasteiger partial charge is 0.416 e.